The van der Waals surface area contributed by atoms with E-state index in [0.717, 1.165) is 4.47 Å². The van der Waals surface area contributed by atoms with Crippen LogP contribution in [0, 0.1) is 0 Å². The summed E-state index contributed by atoms with van der Waals surface area (Å²) in [4.78, 5) is 14.0. The molecule has 6 nitrogen and oxygen atoms in total. The van der Waals surface area contributed by atoms with Crippen LogP contribution in [-0.2, 0) is 16.9 Å². The Morgan fingerprint density at radius 1 is 1.60 bits per heavy atom. The summed E-state index contributed by atoms with van der Waals surface area (Å²) in [5.41, 5.74) is 0.467. The van der Waals surface area contributed by atoms with Gasteiger partial charge in [-0.15, -0.1) is 0 Å². The highest BCUT2D eigenvalue weighted by atomic mass is 79.9. The van der Waals surface area contributed by atoms with Crippen LogP contribution >= 0.6 is 15.9 Å². The van der Waals surface area contributed by atoms with E-state index in [0.29, 0.717) is 12.1 Å². The fraction of sp³-hybridized carbons (Fsp3) is 0.583. The summed E-state index contributed by atoms with van der Waals surface area (Å²) >= 11 is 3.30. The molecular formula is C12H17BrN2O4S. The number of aryl methyl sites for hydroxylation is 1. The molecule has 0 saturated carbocycles. The molecule has 1 aromatic heterocycles. The first-order chi connectivity index (χ1) is 9.34. The van der Waals surface area contributed by atoms with Gasteiger partial charge in [0.2, 0.25) is 0 Å². The van der Waals surface area contributed by atoms with Crippen LogP contribution < -0.4 is 0 Å². The van der Waals surface area contributed by atoms with Crippen LogP contribution in [0.3, 0.4) is 0 Å². The molecule has 1 unspecified atom stereocenters. The predicted octanol–water partition coefficient (Wildman–Crippen LogP) is 0.409. The van der Waals surface area contributed by atoms with Gasteiger partial charge in [-0.3, -0.25) is 4.79 Å². The number of aliphatic hydroxyl groups is 1. The van der Waals surface area contributed by atoms with Crippen molar-refractivity contribution in [2.24, 2.45) is 7.05 Å². The number of aliphatic hydroxyl groups excluding tert-OH is 1. The molecule has 112 valence electrons. The highest BCUT2D eigenvalue weighted by Crippen LogP contribution is 2.21. The largest absolute Gasteiger partial charge is 0.395 e. The average Bonchev–Trinajstić information content (AvgIpc) is 2.88. The first kappa shape index (κ1) is 15.5. The van der Waals surface area contributed by atoms with Gasteiger partial charge >= 0.3 is 0 Å². The molecule has 0 spiro atoms. The van der Waals surface area contributed by atoms with Crippen molar-refractivity contribution in [2.75, 3.05) is 24.7 Å². The number of sulfone groups is 1. The second-order valence-corrected chi connectivity index (χ2v) is 8.08. The smallest absolute Gasteiger partial charge is 0.270 e. The Bertz CT molecular complexity index is 611. The van der Waals surface area contributed by atoms with Gasteiger partial charge in [0, 0.05) is 30.3 Å². The van der Waals surface area contributed by atoms with Gasteiger partial charge in [0.1, 0.15) is 5.69 Å². The number of amides is 1. The van der Waals surface area contributed by atoms with E-state index in [-0.39, 0.29) is 36.6 Å². The minimum atomic E-state index is -3.07. The maximum Gasteiger partial charge on any atom is 0.270 e. The Morgan fingerprint density at radius 2 is 2.30 bits per heavy atom. The van der Waals surface area contributed by atoms with E-state index >= 15 is 0 Å². The molecule has 0 aromatic carbocycles. The van der Waals surface area contributed by atoms with Crippen molar-refractivity contribution < 1.29 is 18.3 Å². The number of hydrogen-bond acceptors (Lipinski definition) is 4. The third-order valence-electron chi connectivity index (χ3n) is 3.44. The lowest BCUT2D eigenvalue weighted by molar-refractivity contribution is 0.0645. The van der Waals surface area contributed by atoms with Crippen LogP contribution in [0.1, 0.15) is 16.9 Å². The summed E-state index contributed by atoms with van der Waals surface area (Å²) < 4.78 is 25.6. The molecule has 1 amide bonds. The number of aromatic nitrogens is 1. The second-order valence-electron chi connectivity index (χ2n) is 4.93. The number of halogens is 1. The average molecular weight is 365 g/mol. The summed E-state index contributed by atoms with van der Waals surface area (Å²) in [7, 11) is -1.32. The lowest BCUT2D eigenvalue weighted by Gasteiger charge is -2.27. The van der Waals surface area contributed by atoms with Gasteiger partial charge < -0.3 is 14.6 Å². The van der Waals surface area contributed by atoms with E-state index in [1.165, 1.54) is 4.90 Å². The summed E-state index contributed by atoms with van der Waals surface area (Å²) in [5.74, 6) is -0.178. The molecule has 1 aliphatic rings. The molecule has 8 heteroatoms. The van der Waals surface area contributed by atoms with Gasteiger partial charge in [-0.1, -0.05) is 0 Å². The zero-order valence-corrected chi connectivity index (χ0v) is 13.5. The minimum absolute atomic E-state index is 0.0235. The minimum Gasteiger partial charge on any atom is -0.395 e. The SMILES string of the molecule is Cn1cc(Br)cc1C(=O)N(CCO)C1CCS(=O)(=O)C1. The summed E-state index contributed by atoms with van der Waals surface area (Å²) in [5, 5.41) is 9.14. The van der Waals surface area contributed by atoms with E-state index in [4.69, 9.17) is 5.11 Å². The fourth-order valence-corrected chi connectivity index (χ4v) is 4.72. The summed E-state index contributed by atoms with van der Waals surface area (Å²) in [6.45, 7) is -0.0459. The van der Waals surface area contributed by atoms with E-state index in [1.807, 2.05) is 0 Å². The number of rotatable bonds is 4. The lowest BCUT2D eigenvalue weighted by Crippen LogP contribution is -2.43. The van der Waals surface area contributed by atoms with Gasteiger partial charge in [0.15, 0.2) is 9.84 Å². The number of carbonyl (C=O) groups is 1. The number of hydrogen-bond donors (Lipinski definition) is 1. The highest BCUT2D eigenvalue weighted by Gasteiger charge is 2.35. The molecular weight excluding hydrogens is 348 g/mol. The maximum atomic E-state index is 12.5. The molecule has 1 atom stereocenters. The zero-order valence-electron chi connectivity index (χ0n) is 11.1. The summed E-state index contributed by atoms with van der Waals surface area (Å²) in [6.07, 6.45) is 2.19. The van der Waals surface area contributed by atoms with Crippen molar-refractivity contribution in [1.82, 2.24) is 9.47 Å². The lowest BCUT2D eigenvalue weighted by atomic mass is 10.2. The number of carbonyl (C=O) groups excluding carboxylic acids is 1. The van der Waals surface area contributed by atoms with Crippen LogP contribution in [-0.4, -0.2) is 59.6 Å². The van der Waals surface area contributed by atoms with Crippen molar-refractivity contribution in [2.45, 2.75) is 12.5 Å². The Labute approximate surface area is 126 Å². The predicted molar refractivity (Wildman–Crippen MR) is 78.3 cm³/mol. The highest BCUT2D eigenvalue weighted by molar-refractivity contribution is 9.10. The van der Waals surface area contributed by atoms with E-state index in [9.17, 15) is 13.2 Å². The normalized spacial score (nSPS) is 21.1. The van der Waals surface area contributed by atoms with E-state index < -0.39 is 9.84 Å². The molecule has 2 rings (SSSR count). The van der Waals surface area contributed by atoms with E-state index in [2.05, 4.69) is 15.9 Å². The molecule has 0 bridgehead atoms. The third kappa shape index (κ3) is 3.24. The van der Waals surface area contributed by atoms with Crippen LogP contribution in [0.4, 0.5) is 0 Å². The Kier molecular flexibility index (Phi) is 4.55. The van der Waals surface area contributed by atoms with Gasteiger partial charge in [0.25, 0.3) is 5.91 Å². The maximum absolute atomic E-state index is 12.5. The fourth-order valence-electron chi connectivity index (χ4n) is 2.46. The molecule has 20 heavy (non-hydrogen) atoms. The summed E-state index contributed by atoms with van der Waals surface area (Å²) in [6, 6.07) is 1.34. The molecule has 1 aromatic rings. The van der Waals surface area contributed by atoms with Crippen LogP contribution in [0.15, 0.2) is 16.7 Å². The van der Waals surface area contributed by atoms with Crippen molar-refractivity contribution in [3.8, 4) is 0 Å². The second kappa shape index (κ2) is 5.87. The third-order valence-corrected chi connectivity index (χ3v) is 5.63. The molecule has 1 saturated heterocycles. The van der Waals surface area contributed by atoms with Gasteiger partial charge in [-0.05, 0) is 28.4 Å². The molecule has 0 radical (unpaired) electrons. The molecule has 2 heterocycles. The van der Waals surface area contributed by atoms with Gasteiger partial charge in [-0.25, -0.2) is 8.42 Å². The van der Waals surface area contributed by atoms with E-state index in [1.54, 1.807) is 23.9 Å². The van der Waals surface area contributed by atoms with Crippen molar-refractivity contribution in [3.63, 3.8) is 0 Å². The number of nitrogens with zero attached hydrogens (tertiary/aromatic N) is 2. The first-order valence-corrected chi connectivity index (χ1v) is 8.89. The topological polar surface area (TPSA) is 79.6 Å². The molecule has 1 N–H and O–H groups in total. The Morgan fingerprint density at radius 3 is 2.75 bits per heavy atom. The zero-order chi connectivity index (χ0) is 14.9. The Hall–Kier alpha value is -0.860. The quantitative estimate of drug-likeness (QED) is 0.838. The monoisotopic (exact) mass is 364 g/mol. The Balaban J connectivity index is 2.25. The van der Waals surface area contributed by atoms with Crippen molar-refractivity contribution >= 4 is 31.7 Å². The van der Waals surface area contributed by atoms with Crippen LogP contribution in [0.25, 0.3) is 0 Å². The van der Waals surface area contributed by atoms with Gasteiger partial charge in [0.05, 0.1) is 18.1 Å². The molecule has 1 fully saturated rings. The van der Waals surface area contributed by atoms with Crippen molar-refractivity contribution in [3.05, 3.63) is 22.4 Å². The standard InChI is InChI=1S/C12H17BrN2O4S/c1-14-7-9(13)6-11(14)12(17)15(3-4-16)10-2-5-20(18,19)8-10/h6-7,10,16H,2-5,8H2,1H3. The van der Waals surface area contributed by atoms with Gasteiger partial charge in [-0.2, -0.15) is 0 Å². The first-order valence-electron chi connectivity index (χ1n) is 6.28. The van der Waals surface area contributed by atoms with Crippen molar-refractivity contribution in [1.29, 1.82) is 0 Å². The molecule has 1 aliphatic heterocycles. The van der Waals surface area contributed by atoms with Crippen LogP contribution in [0.2, 0.25) is 0 Å². The molecule has 0 aliphatic carbocycles. The van der Waals surface area contributed by atoms with Crippen LogP contribution in [0.5, 0.6) is 0 Å².